The van der Waals surface area contributed by atoms with Gasteiger partial charge in [-0.2, -0.15) is 0 Å². The predicted molar refractivity (Wildman–Crippen MR) is 76.5 cm³/mol. The van der Waals surface area contributed by atoms with Gasteiger partial charge in [-0.15, -0.1) is 0 Å². The van der Waals surface area contributed by atoms with Gasteiger partial charge in [0.05, 0.1) is 0 Å². The normalized spacial score (nSPS) is 10.6. The SMILES string of the molecule is Cc1c(Cl)cccc1C(=O)c1cn(C)c(=O)n(C)c1=O. The predicted octanol–water partition coefficient (Wildman–Crippen LogP) is 1.28. The van der Waals surface area contributed by atoms with Gasteiger partial charge in [0.2, 0.25) is 0 Å². The average molecular weight is 293 g/mol. The molecule has 0 fully saturated rings. The summed E-state index contributed by atoms with van der Waals surface area (Å²) in [6, 6.07) is 4.93. The quantitative estimate of drug-likeness (QED) is 0.783. The number of carbonyl (C=O) groups is 1. The first-order valence-electron chi connectivity index (χ1n) is 5.91. The van der Waals surface area contributed by atoms with Crippen molar-refractivity contribution < 1.29 is 4.79 Å². The van der Waals surface area contributed by atoms with Gasteiger partial charge >= 0.3 is 5.69 Å². The van der Waals surface area contributed by atoms with Gasteiger partial charge in [-0.1, -0.05) is 23.7 Å². The van der Waals surface area contributed by atoms with Crippen LogP contribution in [0.15, 0.2) is 34.0 Å². The molecule has 0 saturated carbocycles. The van der Waals surface area contributed by atoms with E-state index in [2.05, 4.69) is 0 Å². The lowest BCUT2D eigenvalue weighted by molar-refractivity contribution is 0.103. The zero-order valence-corrected chi connectivity index (χ0v) is 12.1. The van der Waals surface area contributed by atoms with Crippen LogP contribution in [0.1, 0.15) is 21.5 Å². The monoisotopic (exact) mass is 292 g/mol. The third-order valence-electron chi connectivity index (χ3n) is 3.20. The van der Waals surface area contributed by atoms with Crippen LogP contribution in [-0.4, -0.2) is 14.9 Å². The molecular weight excluding hydrogens is 280 g/mol. The van der Waals surface area contributed by atoms with Crippen LogP contribution in [-0.2, 0) is 14.1 Å². The first-order chi connectivity index (χ1) is 9.34. The van der Waals surface area contributed by atoms with Crippen LogP contribution in [0.4, 0.5) is 0 Å². The van der Waals surface area contributed by atoms with Crippen molar-refractivity contribution >= 4 is 17.4 Å². The number of hydrogen-bond acceptors (Lipinski definition) is 3. The van der Waals surface area contributed by atoms with E-state index >= 15 is 0 Å². The number of ketones is 1. The lowest BCUT2D eigenvalue weighted by Gasteiger charge is -2.08. The first kappa shape index (κ1) is 14.3. The molecule has 1 heterocycles. The minimum Gasteiger partial charge on any atom is -0.303 e. The first-order valence-corrected chi connectivity index (χ1v) is 6.29. The van der Waals surface area contributed by atoms with Gasteiger partial charge in [-0.25, -0.2) is 4.79 Å². The maximum absolute atomic E-state index is 12.5. The molecule has 2 aromatic rings. The van der Waals surface area contributed by atoms with Crippen molar-refractivity contribution in [3.05, 3.63) is 66.9 Å². The summed E-state index contributed by atoms with van der Waals surface area (Å²) in [6.45, 7) is 1.71. The molecule has 0 aliphatic carbocycles. The smallest absolute Gasteiger partial charge is 0.303 e. The average Bonchev–Trinajstić information content (AvgIpc) is 2.43. The molecule has 0 aliphatic rings. The van der Waals surface area contributed by atoms with Crippen LogP contribution in [0.2, 0.25) is 5.02 Å². The topological polar surface area (TPSA) is 61.1 Å². The Balaban J connectivity index is 2.70. The maximum Gasteiger partial charge on any atom is 0.330 e. The molecule has 0 amide bonds. The summed E-state index contributed by atoms with van der Waals surface area (Å²) in [5.41, 5.74) is -0.185. The highest BCUT2D eigenvalue weighted by Gasteiger charge is 2.18. The van der Waals surface area contributed by atoms with Gasteiger partial charge in [0.1, 0.15) is 5.56 Å². The Hall–Kier alpha value is -2.14. The Morgan fingerprint density at radius 2 is 1.80 bits per heavy atom. The number of halogens is 1. The second kappa shape index (κ2) is 5.09. The molecule has 0 N–H and O–H groups in total. The lowest BCUT2D eigenvalue weighted by atomic mass is 10.0. The molecule has 0 aliphatic heterocycles. The van der Waals surface area contributed by atoms with E-state index < -0.39 is 17.0 Å². The Labute approximate surface area is 120 Å². The second-order valence-corrected chi connectivity index (χ2v) is 4.95. The third kappa shape index (κ3) is 2.20. The van der Waals surface area contributed by atoms with Crippen LogP contribution in [0.3, 0.4) is 0 Å². The van der Waals surface area contributed by atoms with Gasteiger partial charge < -0.3 is 4.57 Å². The van der Waals surface area contributed by atoms with Crippen molar-refractivity contribution in [3.8, 4) is 0 Å². The van der Waals surface area contributed by atoms with Crippen LogP contribution in [0.5, 0.6) is 0 Å². The summed E-state index contributed by atoms with van der Waals surface area (Å²) in [6.07, 6.45) is 1.26. The highest BCUT2D eigenvalue weighted by atomic mass is 35.5. The largest absolute Gasteiger partial charge is 0.330 e. The minimum atomic E-state index is -0.613. The van der Waals surface area contributed by atoms with E-state index in [0.29, 0.717) is 16.1 Å². The third-order valence-corrected chi connectivity index (χ3v) is 3.61. The van der Waals surface area contributed by atoms with E-state index in [1.165, 1.54) is 24.9 Å². The Bertz CT molecular complexity index is 818. The fourth-order valence-electron chi connectivity index (χ4n) is 1.96. The number of hydrogen-bond donors (Lipinski definition) is 0. The zero-order valence-electron chi connectivity index (χ0n) is 11.3. The highest BCUT2D eigenvalue weighted by molar-refractivity contribution is 6.32. The van der Waals surface area contributed by atoms with Gasteiger partial charge in [0, 0.05) is 30.9 Å². The number of benzene rings is 1. The van der Waals surface area contributed by atoms with Crippen molar-refractivity contribution in [1.29, 1.82) is 0 Å². The van der Waals surface area contributed by atoms with Gasteiger partial charge in [0.15, 0.2) is 5.78 Å². The molecule has 0 atom stereocenters. The molecule has 6 heteroatoms. The molecule has 0 spiro atoms. The molecule has 0 bridgehead atoms. The van der Waals surface area contributed by atoms with Gasteiger partial charge in [0.25, 0.3) is 5.56 Å². The molecule has 0 radical (unpaired) electrons. The van der Waals surface area contributed by atoms with Crippen LogP contribution in [0.25, 0.3) is 0 Å². The number of aryl methyl sites for hydroxylation is 1. The minimum absolute atomic E-state index is 0.0556. The van der Waals surface area contributed by atoms with E-state index in [1.54, 1.807) is 25.1 Å². The standard InChI is InChI=1S/C14H13ClN2O3/c1-8-9(5-4-6-11(8)15)12(18)10-7-16(2)14(20)17(3)13(10)19/h4-7H,1-3H3. The van der Waals surface area contributed by atoms with Gasteiger partial charge in [-0.05, 0) is 18.6 Å². The van der Waals surface area contributed by atoms with E-state index in [4.69, 9.17) is 11.6 Å². The Kier molecular flexibility index (Phi) is 3.63. The molecule has 0 saturated heterocycles. The van der Waals surface area contributed by atoms with Crippen molar-refractivity contribution in [2.45, 2.75) is 6.92 Å². The summed E-state index contributed by atoms with van der Waals surface area (Å²) in [7, 11) is 2.83. The van der Waals surface area contributed by atoms with Gasteiger partial charge in [-0.3, -0.25) is 14.2 Å². The summed E-state index contributed by atoms with van der Waals surface area (Å²) < 4.78 is 2.11. The van der Waals surface area contributed by atoms with Crippen molar-refractivity contribution in [2.24, 2.45) is 14.1 Å². The van der Waals surface area contributed by atoms with Crippen molar-refractivity contribution in [1.82, 2.24) is 9.13 Å². The lowest BCUT2D eigenvalue weighted by Crippen LogP contribution is -2.39. The van der Waals surface area contributed by atoms with Crippen LogP contribution >= 0.6 is 11.6 Å². The molecule has 20 heavy (non-hydrogen) atoms. The zero-order chi connectivity index (χ0) is 15.0. The summed E-state index contributed by atoms with van der Waals surface area (Å²) in [5, 5.41) is 0.456. The van der Waals surface area contributed by atoms with E-state index in [0.717, 1.165) is 4.57 Å². The number of carbonyl (C=O) groups excluding carboxylic acids is 1. The summed E-state index contributed by atoms with van der Waals surface area (Å²) in [5.74, 6) is -0.443. The highest BCUT2D eigenvalue weighted by Crippen LogP contribution is 2.20. The molecule has 1 aromatic carbocycles. The van der Waals surface area contributed by atoms with Crippen LogP contribution in [0, 0.1) is 6.92 Å². The molecule has 1 aromatic heterocycles. The summed E-state index contributed by atoms with van der Waals surface area (Å²) in [4.78, 5) is 36.1. The fraction of sp³-hybridized carbons (Fsp3) is 0.214. The molecule has 5 nitrogen and oxygen atoms in total. The van der Waals surface area contributed by atoms with Crippen molar-refractivity contribution in [3.63, 3.8) is 0 Å². The molecule has 2 rings (SSSR count). The molecule has 104 valence electrons. The number of rotatable bonds is 2. The number of nitrogens with zero attached hydrogens (tertiary/aromatic N) is 2. The van der Waals surface area contributed by atoms with Crippen LogP contribution < -0.4 is 11.2 Å². The maximum atomic E-state index is 12.5. The summed E-state index contributed by atoms with van der Waals surface area (Å²) >= 11 is 5.98. The second-order valence-electron chi connectivity index (χ2n) is 4.54. The van der Waals surface area contributed by atoms with E-state index in [9.17, 15) is 14.4 Å². The van der Waals surface area contributed by atoms with Crippen molar-refractivity contribution in [2.75, 3.05) is 0 Å². The Morgan fingerprint density at radius 3 is 2.45 bits per heavy atom. The Morgan fingerprint density at radius 1 is 1.15 bits per heavy atom. The molecule has 0 unspecified atom stereocenters. The number of aromatic nitrogens is 2. The molecular formula is C14H13ClN2O3. The van der Waals surface area contributed by atoms with E-state index in [1.807, 2.05) is 0 Å². The van der Waals surface area contributed by atoms with E-state index in [-0.39, 0.29) is 5.56 Å². The fourth-order valence-corrected chi connectivity index (χ4v) is 2.14.